The average Bonchev–Trinajstić information content (AvgIpc) is 2.41. The largest absolute Gasteiger partial charge is 0.381 e. The zero-order valence-corrected chi connectivity index (χ0v) is 10.3. The number of benzene rings is 1. The van der Waals surface area contributed by atoms with Gasteiger partial charge in [-0.15, -0.1) is 0 Å². The van der Waals surface area contributed by atoms with Crippen molar-refractivity contribution in [2.24, 2.45) is 11.7 Å². The van der Waals surface area contributed by atoms with E-state index >= 15 is 0 Å². The number of rotatable bonds is 3. The SMILES string of the molecule is NC(=O)c1ccc(NC(=O)C2CCCOC2)c(F)c1. The Morgan fingerprint density at radius 3 is 2.79 bits per heavy atom. The fourth-order valence-electron chi connectivity index (χ4n) is 1.95. The van der Waals surface area contributed by atoms with Gasteiger partial charge in [0, 0.05) is 12.2 Å². The Hall–Kier alpha value is -1.95. The summed E-state index contributed by atoms with van der Waals surface area (Å²) in [4.78, 5) is 22.8. The van der Waals surface area contributed by atoms with Gasteiger partial charge in [0.15, 0.2) is 0 Å². The Kier molecular flexibility index (Phi) is 4.11. The van der Waals surface area contributed by atoms with Crippen molar-refractivity contribution in [3.63, 3.8) is 0 Å². The molecule has 102 valence electrons. The molecule has 0 radical (unpaired) electrons. The first-order chi connectivity index (χ1) is 9.08. The molecule has 1 aromatic carbocycles. The normalized spacial score (nSPS) is 18.9. The summed E-state index contributed by atoms with van der Waals surface area (Å²) in [5.41, 5.74) is 5.15. The van der Waals surface area contributed by atoms with Gasteiger partial charge in [0.1, 0.15) is 5.82 Å². The van der Waals surface area contributed by atoms with Gasteiger partial charge in [-0.05, 0) is 31.0 Å². The molecule has 1 saturated heterocycles. The monoisotopic (exact) mass is 266 g/mol. The van der Waals surface area contributed by atoms with Crippen LogP contribution >= 0.6 is 0 Å². The van der Waals surface area contributed by atoms with Crippen molar-refractivity contribution in [1.82, 2.24) is 0 Å². The molecular weight excluding hydrogens is 251 g/mol. The number of carbonyl (C=O) groups is 2. The zero-order chi connectivity index (χ0) is 13.8. The molecule has 1 aromatic rings. The number of carbonyl (C=O) groups excluding carboxylic acids is 2. The molecule has 3 N–H and O–H groups in total. The van der Waals surface area contributed by atoms with Gasteiger partial charge in [-0.2, -0.15) is 0 Å². The fourth-order valence-corrected chi connectivity index (χ4v) is 1.95. The molecule has 2 rings (SSSR count). The third-order valence-electron chi connectivity index (χ3n) is 3.04. The van der Waals surface area contributed by atoms with Crippen LogP contribution in [0.5, 0.6) is 0 Å². The number of amides is 2. The molecule has 1 aliphatic rings. The van der Waals surface area contributed by atoms with E-state index in [2.05, 4.69) is 5.32 Å². The lowest BCUT2D eigenvalue weighted by Gasteiger charge is -2.21. The average molecular weight is 266 g/mol. The number of nitrogens with two attached hydrogens (primary N) is 1. The third-order valence-corrected chi connectivity index (χ3v) is 3.04. The van der Waals surface area contributed by atoms with Gasteiger partial charge in [-0.1, -0.05) is 0 Å². The first-order valence-electron chi connectivity index (χ1n) is 6.06. The van der Waals surface area contributed by atoms with Gasteiger partial charge in [0.25, 0.3) is 0 Å². The van der Waals surface area contributed by atoms with Crippen molar-refractivity contribution in [1.29, 1.82) is 0 Å². The maximum Gasteiger partial charge on any atom is 0.248 e. The van der Waals surface area contributed by atoms with E-state index in [4.69, 9.17) is 10.5 Å². The number of primary amides is 1. The second kappa shape index (κ2) is 5.79. The fraction of sp³-hybridized carbons (Fsp3) is 0.385. The van der Waals surface area contributed by atoms with Gasteiger partial charge in [-0.3, -0.25) is 9.59 Å². The molecule has 0 spiro atoms. The van der Waals surface area contributed by atoms with Crippen molar-refractivity contribution >= 4 is 17.5 Å². The highest BCUT2D eigenvalue weighted by Crippen LogP contribution is 2.19. The van der Waals surface area contributed by atoms with Crippen LogP contribution in [0.25, 0.3) is 0 Å². The molecule has 2 amide bonds. The van der Waals surface area contributed by atoms with E-state index in [-0.39, 0.29) is 23.1 Å². The molecule has 5 nitrogen and oxygen atoms in total. The van der Waals surface area contributed by atoms with E-state index in [1.165, 1.54) is 12.1 Å². The van der Waals surface area contributed by atoms with Crippen molar-refractivity contribution in [2.45, 2.75) is 12.8 Å². The van der Waals surface area contributed by atoms with E-state index in [1.54, 1.807) is 0 Å². The summed E-state index contributed by atoms with van der Waals surface area (Å²) in [6.07, 6.45) is 1.55. The Labute approximate surface area is 109 Å². The standard InChI is InChI=1S/C13H15FN2O3/c14-10-6-8(12(15)17)3-4-11(10)16-13(18)9-2-1-5-19-7-9/h3-4,6,9H,1-2,5,7H2,(H2,15,17)(H,16,18). The molecule has 1 unspecified atom stereocenters. The molecule has 1 atom stereocenters. The van der Waals surface area contributed by atoms with Gasteiger partial charge >= 0.3 is 0 Å². The van der Waals surface area contributed by atoms with Gasteiger partial charge < -0.3 is 15.8 Å². The van der Waals surface area contributed by atoms with Gasteiger partial charge in [0.2, 0.25) is 11.8 Å². The van der Waals surface area contributed by atoms with E-state index in [1.807, 2.05) is 0 Å². The van der Waals surface area contributed by atoms with Crippen molar-refractivity contribution in [2.75, 3.05) is 18.5 Å². The summed E-state index contributed by atoms with van der Waals surface area (Å²) in [5, 5.41) is 2.50. The number of anilines is 1. The molecule has 0 saturated carbocycles. The molecule has 1 heterocycles. The highest BCUT2D eigenvalue weighted by molar-refractivity contribution is 5.95. The number of hydrogen-bond donors (Lipinski definition) is 2. The lowest BCUT2D eigenvalue weighted by molar-refractivity contribution is -0.123. The van der Waals surface area contributed by atoms with Crippen LogP contribution in [0, 0.1) is 11.7 Å². The smallest absolute Gasteiger partial charge is 0.248 e. The first kappa shape index (κ1) is 13.5. The molecule has 6 heteroatoms. The predicted octanol–water partition coefficient (Wildman–Crippen LogP) is 1.29. The van der Waals surface area contributed by atoms with Crippen molar-refractivity contribution in [3.05, 3.63) is 29.6 Å². The summed E-state index contributed by atoms with van der Waals surface area (Å²) >= 11 is 0. The van der Waals surface area contributed by atoms with Crippen LogP contribution in [-0.4, -0.2) is 25.0 Å². The summed E-state index contributed by atoms with van der Waals surface area (Å²) in [7, 11) is 0. The van der Waals surface area contributed by atoms with Crippen molar-refractivity contribution in [3.8, 4) is 0 Å². The quantitative estimate of drug-likeness (QED) is 0.865. The summed E-state index contributed by atoms with van der Waals surface area (Å²) < 4.78 is 18.9. The summed E-state index contributed by atoms with van der Waals surface area (Å²) in [5.74, 6) is -1.92. The number of nitrogens with one attached hydrogen (secondary N) is 1. The summed E-state index contributed by atoms with van der Waals surface area (Å²) in [6.45, 7) is 1.01. The number of halogens is 1. The Balaban J connectivity index is 2.06. The maximum atomic E-state index is 13.7. The molecule has 1 fully saturated rings. The predicted molar refractivity (Wildman–Crippen MR) is 67.1 cm³/mol. The minimum atomic E-state index is -0.711. The minimum Gasteiger partial charge on any atom is -0.381 e. The minimum absolute atomic E-state index is 0.0422. The Bertz CT molecular complexity index is 499. The van der Waals surface area contributed by atoms with Gasteiger partial charge in [-0.25, -0.2) is 4.39 Å². The van der Waals surface area contributed by atoms with Crippen LogP contribution in [0.2, 0.25) is 0 Å². The number of ether oxygens (including phenoxy) is 1. The molecular formula is C13H15FN2O3. The van der Waals surface area contributed by atoms with Crippen LogP contribution in [0.4, 0.5) is 10.1 Å². The second-order valence-corrected chi connectivity index (χ2v) is 4.46. The highest BCUT2D eigenvalue weighted by Gasteiger charge is 2.22. The second-order valence-electron chi connectivity index (χ2n) is 4.46. The van der Waals surface area contributed by atoms with Crippen LogP contribution in [0.1, 0.15) is 23.2 Å². The molecule has 19 heavy (non-hydrogen) atoms. The van der Waals surface area contributed by atoms with E-state index in [0.717, 1.165) is 18.9 Å². The Morgan fingerprint density at radius 2 is 2.21 bits per heavy atom. The summed E-state index contributed by atoms with van der Waals surface area (Å²) in [6, 6.07) is 3.71. The first-order valence-corrected chi connectivity index (χ1v) is 6.06. The van der Waals surface area contributed by atoms with Crippen LogP contribution < -0.4 is 11.1 Å². The Morgan fingerprint density at radius 1 is 1.42 bits per heavy atom. The molecule has 0 bridgehead atoms. The van der Waals surface area contributed by atoms with E-state index in [0.29, 0.717) is 13.2 Å². The maximum absolute atomic E-state index is 13.7. The third kappa shape index (κ3) is 3.29. The molecule has 0 aliphatic carbocycles. The van der Waals surface area contributed by atoms with E-state index < -0.39 is 11.7 Å². The van der Waals surface area contributed by atoms with Crippen LogP contribution in [0.15, 0.2) is 18.2 Å². The molecule has 0 aromatic heterocycles. The van der Waals surface area contributed by atoms with Crippen molar-refractivity contribution < 1.29 is 18.7 Å². The number of hydrogen-bond acceptors (Lipinski definition) is 3. The van der Waals surface area contributed by atoms with E-state index in [9.17, 15) is 14.0 Å². The lowest BCUT2D eigenvalue weighted by atomic mass is 10.0. The van der Waals surface area contributed by atoms with Gasteiger partial charge in [0.05, 0.1) is 18.2 Å². The van der Waals surface area contributed by atoms with Crippen LogP contribution in [-0.2, 0) is 9.53 Å². The van der Waals surface area contributed by atoms with Crippen LogP contribution in [0.3, 0.4) is 0 Å². The topological polar surface area (TPSA) is 81.4 Å². The zero-order valence-electron chi connectivity index (χ0n) is 10.3. The lowest BCUT2D eigenvalue weighted by Crippen LogP contribution is -2.30. The highest BCUT2D eigenvalue weighted by atomic mass is 19.1. The molecule has 1 aliphatic heterocycles.